The van der Waals surface area contributed by atoms with Crippen molar-refractivity contribution in [2.75, 3.05) is 13.1 Å². The molecule has 0 unspecified atom stereocenters. The molecule has 0 aliphatic carbocycles. The summed E-state index contributed by atoms with van der Waals surface area (Å²) in [5, 5.41) is 14.6. The Bertz CT molecular complexity index is 834. The number of rotatable bonds is 7. The van der Waals surface area contributed by atoms with Crippen LogP contribution in [-0.2, 0) is 6.42 Å². The quantitative estimate of drug-likeness (QED) is 0.685. The van der Waals surface area contributed by atoms with Gasteiger partial charge in [0.05, 0.1) is 5.56 Å². The van der Waals surface area contributed by atoms with Gasteiger partial charge in [0.25, 0.3) is 11.8 Å². The number of hydrogen-bond acceptors (Lipinski definition) is 3. The summed E-state index contributed by atoms with van der Waals surface area (Å²) in [4.78, 5) is 35.2. The predicted molar refractivity (Wildman–Crippen MR) is 108 cm³/mol. The van der Waals surface area contributed by atoms with Gasteiger partial charge in [-0.25, -0.2) is 4.79 Å². The van der Waals surface area contributed by atoms with Crippen molar-refractivity contribution >= 4 is 17.8 Å². The first-order valence-electron chi connectivity index (χ1n) is 9.14. The average Bonchev–Trinajstić information content (AvgIpc) is 2.66. The van der Waals surface area contributed by atoms with Crippen LogP contribution in [-0.4, -0.2) is 36.0 Å². The maximum atomic E-state index is 12.2. The van der Waals surface area contributed by atoms with Gasteiger partial charge >= 0.3 is 5.97 Å². The van der Waals surface area contributed by atoms with Gasteiger partial charge in [-0.3, -0.25) is 9.59 Å². The van der Waals surface area contributed by atoms with E-state index in [4.69, 9.17) is 5.11 Å². The first-order chi connectivity index (χ1) is 13.2. The van der Waals surface area contributed by atoms with Crippen molar-refractivity contribution in [2.45, 2.75) is 27.2 Å². The number of carboxylic acids is 1. The van der Waals surface area contributed by atoms with E-state index >= 15 is 0 Å². The number of carbonyl (C=O) groups excluding carboxylic acids is 2. The first-order valence-corrected chi connectivity index (χ1v) is 9.14. The van der Waals surface area contributed by atoms with Crippen molar-refractivity contribution in [3.05, 3.63) is 70.8 Å². The highest BCUT2D eigenvalue weighted by Gasteiger charge is 2.13. The van der Waals surface area contributed by atoms with E-state index in [1.54, 1.807) is 48.5 Å². The Morgan fingerprint density at radius 2 is 1.25 bits per heavy atom. The van der Waals surface area contributed by atoms with E-state index < -0.39 is 5.97 Å². The molecule has 0 fully saturated rings. The fraction of sp³-hybridized carbons (Fsp3) is 0.318. The summed E-state index contributed by atoms with van der Waals surface area (Å²) in [5.41, 5.74) is 2.17. The van der Waals surface area contributed by atoms with Crippen molar-refractivity contribution in [2.24, 2.45) is 5.41 Å². The molecule has 0 spiro atoms. The van der Waals surface area contributed by atoms with Crippen LogP contribution in [0, 0.1) is 5.41 Å². The second-order valence-electron chi connectivity index (χ2n) is 7.83. The number of nitrogens with one attached hydrogen (secondary N) is 2. The van der Waals surface area contributed by atoms with Crippen LogP contribution in [0.25, 0.3) is 0 Å². The first kappa shape index (κ1) is 21.2. The lowest BCUT2D eigenvalue weighted by Gasteiger charge is -2.18. The van der Waals surface area contributed by atoms with Gasteiger partial charge in [-0.15, -0.1) is 0 Å². The third-order valence-corrected chi connectivity index (χ3v) is 4.09. The average molecular weight is 382 g/mol. The summed E-state index contributed by atoms with van der Waals surface area (Å²) < 4.78 is 0. The van der Waals surface area contributed by atoms with Crippen molar-refractivity contribution in [3.8, 4) is 0 Å². The molecule has 0 heterocycles. The molecule has 0 aliphatic heterocycles. The van der Waals surface area contributed by atoms with Crippen LogP contribution in [0.3, 0.4) is 0 Å². The zero-order valence-electron chi connectivity index (χ0n) is 16.4. The van der Waals surface area contributed by atoms with Gasteiger partial charge in [-0.1, -0.05) is 32.9 Å². The molecule has 0 radical (unpaired) electrons. The van der Waals surface area contributed by atoms with E-state index in [0.29, 0.717) is 30.6 Å². The van der Waals surface area contributed by atoms with Crippen LogP contribution in [0.5, 0.6) is 0 Å². The normalized spacial score (nSPS) is 11.0. The molecule has 2 aromatic rings. The summed E-state index contributed by atoms with van der Waals surface area (Å²) in [6, 6.07) is 13.1. The molecule has 2 aromatic carbocycles. The highest BCUT2D eigenvalue weighted by atomic mass is 16.4. The van der Waals surface area contributed by atoms with Gasteiger partial charge in [-0.2, -0.15) is 0 Å². The maximum absolute atomic E-state index is 12.2. The Balaban J connectivity index is 1.84. The van der Waals surface area contributed by atoms with E-state index in [-0.39, 0.29) is 22.8 Å². The van der Waals surface area contributed by atoms with E-state index in [1.165, 1.54) is 0 Å². The van der Waals surface area contributed by atoms with Crippen molar-refractivity contribution in [1.82, 2.24) is 10.6 Å². The zero-order valence-corrected chi connectivity index (χ0v) is 16.4. The molecule has 6 heteroatoms. The summed E-state index contributed by atoms with van der Waals surface area (Å²) in [7, 11) is 0. The lowest BCUT2D eigenvalue weighted by Crippen LogP contribution is -2.32. The van der Waals surface area contributed by atoms with E-state index in [1.807, 2.05) is 20.8 Å². The molecule has 2 rings (SSSR count). The number of hydrogen-bond donors (Lipinski definition) is 3. The van der Waals surface area contributed by atoms with Crippen LogP contribution in [0.4, 0.5) is 0 Å². The van der Waals surface area contributed by atoms with Crippen LogP contribution in [0.1, 0.15) is 57.4 Å². The molecule has 148 valence electrons. The van der Waals surface area contributed by atoms with Crippen LogP contribution >= 0.6 is 0 Å². The SMILES string of the molecule is CC(C)(C)CNC(=O)c1ccc(C(=O)NCCc2ccc(C(=O)O)cc2)cc1. The topological polar surface area (TPSA) is 95.5 Å². The molecule has 0 saturated carbocycles. The Morgan fingerprint density at radius 1 is 0.786 bits per heavy atom. The number of amides is 2. The minimum absolute atomic E-state index is 0.00341. The molecule has 6 nitrogen and oxygen atoms in total. The molecule has 0 aliphatic rings. The Hall–Kier alpha value is -3.15. The second-order valence-corrected chi connectivity index (χ2v) is 7.83. The monoisotopic (exact) mass is 382 g/mol. The van der Waals surface area contributed by atoms with E-state index in [0.717, 1.165) is 5.56 Å². The zero-order chi connectivity index (χ0) is 20.7. The van der Waals surface area contributed by atoms with Gasteiger partial charge < -0.3 is 15.7 Å². The number of carboxylic acid groups (broad SMARTS) is 1. The number of aromatic carboxylic acids is 1. The fourth-order valence-electron chi connectivity index (χ4n) is 2.46. The smallest absolute Gasteiger partial charge is 0.335 e. The largest absolute Gasteiger partial charge is 0.478 e. The second kappa shape index (κ2) is 9.17. The minimum atomic E-state index is -0.963. The molecule has 28 heavy (non-hydrogen) atoms. The molecule has 0 saturated heterocycles. The van der Waals surface area contributed by atoms with Crippen LogP contribution in [0.15, 0.2) is 48.5 Å². The highest BCUT2D eigenvalue weighted by molar-refractivity contribution is 5.97. The van der Waals surface area contributed by atoms with Crippen molar-refractivity contribution < 1.29 is 19.5 Å². The lowest BCUT2D eigenvalue weighted by atomic mass is 9.97. The van der Waals surface area contributed by atoms with E-state index in [9.17, 15) is 14.4 Å². The van der Waals surface area contributed by atoms with Crippen molar-refractivity contribution in [1.29, 1.82) is 0 Å². The van der Waals surface area contributed by atoms with Gasteiger partial charge in [0.15, 0.2) is 0 Å². The Morgan fingerprint density at radius 3 is 1.71 bits per heavy atom. The van der Waals surface area contributed by atoms with Crippen LogP contribution < -0.4 is 10.6 Å². The summed E-state index contributed by atoms with van der Waals surface area (Å²) in [6.07, 6.45) is 0.596. The number of carbonyl (C=O) groups is 3. The third-order valence-electron chi connectivity index (χ3n) is 4.09. The summed E-state index contributed by atoms with van der Waals surface area (Å²) >= 11 is 0. The van der Waals surface area contributed by atoms with Gasteiger partial charge in [0.2, 0.25) is 0 Å². The molecule has 0 bridgehead atoms. The molecular weight excluding hydrogens is 356 g/mol. The molecule has 0 aromatic heterocycles. The van der Waals surface area contributed by atoms with Gasteiger partial charge in [-0.05, 0) is 53.8 Å². The van der Waals surface area contributed by atoms with Crippen LogP contribution in [0.2, 0.25) is 0 Å². The van der Waals surface area contributed by atoms with Crippen molar-refractivity contribution in [3.63, 3.8) is 0 Å². The maximum Gasteiger partial charge on any atom is 0.335 e. The highest BCUT2D eigenvalue weighted by Crippen LogP contribution is 2.11. The minimum Gasteiger partial charge on any atom is -0.478 e. The van der Waals surface area contributed by atoms with E-state index in [2.05, 4.69) is 10.6 Å². The number of benzene rings is 2. The fourth-order valence-corrected chi connectivity index (χ4v) is 2.46. The standard InChI is InChI=1S/C22H26N2O4/c1-22(2,3)14-24-20(26)17-10-8-16(9-11-17)19(25)23-13-12-15-4-6-18(7-5-15)21(27)28/h4-11H,12-14H2,1-3H3,(H,23,25)(H,24,26)(H,27,28). The third kappa shape index (κ3) is 6.54. The molecule has 2 amide bonds. The summed E-state index contributed by atoms with van der Waals surface area (Å²) in [5.74, 6) is -1.34. The summed E-state index contributed by atoms with van der Waals surface area (Å²) in [6.45, 7) is 7.13. The Labute approximate surface area is 165 Å². The molecule has 3 N–H and O–H groups in total. The van der Waals surface area contributed by atoms with Gasteiger partial charge in [0, 0.05) is 24.2 Å². The Kier molecular flexibility index (Phi) is 6.93. The van der Waals surface area contributed by atoms with Gasteiger partial charge in [0.1, 0.15) is 0 Å². The molecule has 0 atom stereocenters. The predicted octanol–water partition coefficient (Wildman–Crippen LogP) is 3.13. The lowest BCUT2D eigenvalue weighted by molar-refractivity contribution is 0.0696. The molecular formula is C22H26N2O4.